The third kappa shape index (κ3) is 3.28. The first kappa shape index (κ1) is 14.4. The molecule has 0 aromatic heterocycles. The number of hydrogen-bond acceptors (Lipinski definition) is 3. The summed E-state index contributed by atoms with van der Waals surface area (Å²) in [6.45, 7) is 8.57. The van der Waals surface area contributed by atoms with Crippen LogP contribution in [0.4, 0.5) is 0 Å². The van der Waals surface area contributed by atoms with Gasteiger partial charge in [0.2, 0.25) is 0 Å². The van der Waals surface area contributed by atoms with Crippen LogP contribution in [0.3, 0.4) is 0 Å². The van der Waals surface area contributed by atoms with Crippen molar-refractivity contribution in [3.05, 3.63) is 29.3 Å². The average molecular weight is 262 g/mol. The quantitative estimate of drug-likeness (QED) is 0.774. The highest BCUT2D eigenvalue weighted by Crippen LogP contribution is 2.37. The van der Waals surface area contributed by atoms with Crippen LogP contribution in [0.15, 0.2) is 18.2 Å². The second-order valence-corrected chi connectivity index (χ2v) is 5.24. The van der Waals surface area contributed by atoms with Gasteiger partial charge in [-0.05, 0) is 49.5 Å². The van der Waals surface area contributed by atoms with Gasteiger partial charge in [-0.15, -0.1) is 0 Å². The molecule has 2 rings (SSSR count). The van der Waals surface area contributed by atoms with Gasteiger partial charge in [0.25, 0.3) is 0 Å². The van der Waals surface area contributed by atoms with E-state index in [0.29, 0.717) is 11.8 Å². The highest BCUT2D eigenvalue weighted by atomic mass is 16.3. The van der Waals surface area contributed by atoms with Crippen LogP contribution < -0.4 is 5.32 Å². The Kier molecular flexibility index (Phi) is 5.23. The third-order valence-corrected chi connectivity index (χ3v) is 4.12. The zero-order chi connectivity index (χ0) is 13.7. The van der Waals surface area contributed by atoms with Gasteiger partial charge in [0.05, 0.1) is 0 Å². The highest BCUT2D eigenvalue weighted by molar-refractivity contribution is 5.42. The highest BCUT2D eigenvalue weighted by Gasteiger charge is 2.26. The van der Waals surface area contributed by atoms with E-state index < -0.39 is 0 Å². The van der Waals surface area contributed by atoms with Crippen molar-refractivity contribution in [2.75, 3.05) is 26.2 Å². The van der Waals surface area contributed by atoms with E-state index in [9.17, 15) is 5.11 Å². The zero-order valence-corrected chi connectivity index (χ0v) is 12.2. The van der Waals surface area contributed by atoms with E-state index in [0.717, 1.165) is 32.6 Å². The largest absolute Gasteiger partial charge is 0.508 e. The van der Waals surface area contributed by atoms with Crippen LogP contribution in [-0.2, 0) is 6.42 Å². The van der Waals surface area contributed by atoms with Gasteiger partial charge in [0.1, 0.15) is 5.75 Å². The molecule has 1 aromatic rings. The number of fused-ring (bicyclic) bond motifs is 1. The summed E-state index contributed by atoms with van der Waals surface area (Å²) in [6.07, 6.45) is 3.40. The molecule has 0 heterocycles. The minimum atomic E-state index is 0.472. The number of rotatable bonds is 6. The van der Waals surface area contributed by atoms with Crippen molar-refractivity contribution < 1.29 is 5.11 Å². The van der Waals surface area contributed by atoms with Gasteiger partial charge in [-0.1, -0.05) is 26.0 Å². The maximum absolute atomic E-state index is 10.0. The Morgan fingerprint density at radius 2 is 2.21 bits per heavy atom. The Labute approximate surface area is 116 Å². The van der Waals surface area contributed by atoms with Gasteiger partial charge < -0.3 is 10.4 Å². The fourth-order valence-electron chi connectivity index (χ4n) is 3.12. The van der Waals surface area contributed by atoms with E-state index in [1.54, 1.807) is 0 Å². The van der Waals surface area contributed by atoms with E-state index in [2.05, 4.69) is 30.1 Å². The molecule has 3 heteroatoms. The zero-order valence-electron chi connectivity index (χ0n) is 12.2. The molecule has 1 aliphatic rings. The summed E-state index contributed by atoms with van der Waals surface area (Å²) in [5.41, 5.74) is 2.50. The third-order valence-electron chi connectivity index (χ3n) is 4.12. The lowest BCUT2D eigenvalue weighted by Gasteiger charge is -2.35. The Hall–Kier alpha value is -1.06. The second kappa shape index (κ2) is 6.92. The normalized spacial score (nSPS) is 18.6. The summed E-state index contributed by atoms with van der Waals surface area (Å²) in [5.74, 6) is 0.477. The van der Waals surface area contributed by atoms with Crippen molar-refractivity contribution in [2.45, 2.75) is 39.2 Å². The van der Waals surface area contributed by atoms with Crippen molar-refractivity contribution in [2.24, 2.45) is 0 Å². The summed E-state index contributed by atoms with van der Waals surface area (Å²) in [6, 6.07) is 6.45. The standard InChI is InChI=1S/C16H26N2O/c1-3-17-11-12-18(4-2)15-9-5-8-14-13(15)7-6-10-16(14)19/h6-7,10,15,17,19H,3-5,8-9,11-12H2,1-2H3. The van der Waals surface area contributed by atoms with Crippen LogP contribution in [0.5, 0.6) is 5.75 Å². The molecule has 0 amide bonds. The van der Waals surface area contributed by atoms with Gasteiger partial charge in [-0.2, -0.15) is 0 Å². The van der Waals surface area contributed by atoms with E-state index in [-0.39, 0.29) is 0 Å². The molecule has 1 unspecified atom stereocenters. The number of aromatic hydroxyl groups is 1. The molecular formula is C16H26N2O. The number of nitrogens with zero attached hydrogens (tertiary/aromatic N) is 1. The molecule has 0 saturated carbocycles. The SMILES string of the molecule is CCNCCN(CC)C1CCCc2c(O)cccc21. The summed E-state index contributed by atoms with van der Waals surface area (Å²) in [4.78, 5) is 2.53. The second-order valence-electron chi connectivity index (χ2n) is 5.24. The van der Waals surface area contributed by atoms with Crippen LogP contribution in [0, 0.1) is 0 Å². The number of hydrogen-bond donors (Lipinski definition) is 2. The number of likely N-dealkylation sites (N-methyl/N-ethyl adjacent to an activating group) is 2. The monoisotopic (exact) mass is 262 g/mol. The Morgan fingerprint density at radius 1 is 1.37 bits per heavy atom. The van der Waals surface area contributed by atoms with E-state index >= 15 is 0 Å². The first-order valence-corrected chi connectivity index (χ1v) is 7.53. The maximum atomic E-state index is 10.0. The van der Waals surface area contributed by atoms with Gasteiger partial charge in [0, 0.05) is 19.1 Å². The molecule has 0 bridgehead atoms. The van der Waals surface area contributed by atoms with Crippen LogP contribution in [-0.4, -0.2) is 36.2 Å². The van der Waals surface area contributed by atoms with Gasteiger partial charge in [-0.25, -0.2) is 0 Å². The van der Waals surface area contributed by atoms with Crippen molar-refractivity contribution in [1.29, 1.82) is 0 Å². The molecular weight excluding hydrogens is 236 g/mol. The lowest BCUT2D eigenvalue weighted by atomic mass is 9.86. The van der Waals surface area contributed by atoms with Crippen molar-refractivity contribution in [3.8, 4) is 5.75 Å². The number of phenolic OH excluding ortho intramolecular Hbond substituents is 1. The van der Waals surface area contributed by atoms with Gasteiger partial charge >= 0.3 is 0 Å². The minimum Gasteiger partial charge on any atom is -0.508 e. The maximum Gasteiger partial charge on any atom is 0.119 e. The van der Waals surface area contributed by atoms with Crippen LogP contribution in [0.2, 0.25) is 0 Å². The molecule has 2 N–H and O–H groups in total. The minimum absolute atomic E-state index is 0.472. The molecule has 0 fully saturated rings. The number of phenols is 1. The van der Waals surface area contributed by atoms with E-state index in [1.165, 1.54) is 24.0 Å². The first-order chi connectivity index (χ1) is 9.27. The molecule has 106 valence electrons. The molecule has 1 aliphatic carbocycles. The molecule has 0 radical (unpaired) electrons. The fourth-order valence-corrected chi connectivity index (χ4v) is 3.12. The Balaban J connectivity index is 2.14. The number of benzene rings is 1. The van der Waals surface area contributed by atoms with Gasteiger partial charge in [-0.3, -0.25) is 4.90 Å². The van der Waals surface area contributed by atoms with Crippen LogP contribution >= 0.6 is 0 Å². The molecule has 0 aliphatic heterocycles. The van der Waals surface area contributed by atoms with Crippen molar-refractivity contribution in [1.82, 2.24) is 10.2 Å². The molecule has 0 saturated heterocycles. The summed E-state index contributed by atoms with van der Waals surface area (Å²) >= 11 is 0. The summed E-state index contributed by atoms with van der Waals surface area (Å²) in [5, 5.41) is 13.4. The van der Waals surface area contributed by atoms with E-state index in [4.69, 9.17) is 0 Å². The molecule has 3 nitrogen and oxygen atoms in total. The van der Waals surface area contributed by atoms with Crippen molar-refractivity contribution in [3.63, 3.8) is 0 Å². The summed E-state index contributed by atoms with van der Waals surface area (Å²) in [7, 11) is 0. The molecule has 19 heavy (non-hydrogen) atoms. The topological polar surface area (TPSA) is 35.5 Å². The lowest BCUT2D eigenvalue weighted by molar-refractivity contribution is 0.188. The predicted molar refractivity (Wildman–Crippen MR) is 79.6 cm³/mol. The number of nitrogens with one attached hydrogen (secondary N) is 1. The lowest BCUT2D eigenvalue weighted by Crippen LogP contribution is -2.36. The fraction of sp³-hybridized carbons (Fsp3) is 0.625. The van der Waals surface area contributed by atoms with Crippen LogP contribution in [0.1, 0.15) is 43.9 Å². The molecule has 1 atom stereocenters. The van der Waals surface area contributed by atoms with Crippen LogP contribution in [0.25, 0.3) is 0 Å². The Bertz CT molecular complexity index is 406. The van der Waals surface area contributed by atoms with Crippen molar-refractivity contribution >= 4 is 0 Å². The summed E-state index contributed by atoms with van der Waals surface area (Å²) < 4.78 is 0. The van der Waals surface area contributed by atoms with Gasteiger partial charge in [0.15, 0.2) is 0 Å². The Morgan fingerprint density at radius 3 is 2.95 bits per heavy atom. The molecule has 0 spiro atoms. The van der Waals surface area contributed by atoms with E-state index in [1.807, 2.05) is 12.1 Å². The smallest absolute Gasteiger partial charge is 0.119 e. The average Bonchev–Trinajstić information content (AvgIpc) is 2.44. The molecule has 1 aromatic carbocycles. The predicted octanol–water partition coefficient (Wildman–Crippen LogP) is 2.70. The first-order valence-electron chi connectivity index (χ1n) is 7.53.